The second kappa shape index (κ2) is 7.22. The summed E-state index contributed by atoms with van der Waals surface area (Å²) in [6.45, 7) is 0.217. The number of methoxy groups -OCH3 is 1. The van der Waals surface area contributed by atoms with Crippen LogP contribution < -0.4 is 14.8 Å². The molecule has 2 rings (SSSR count). The van der Waals surface area contributed by atoms with Crippen molar-refractivity contribution in [1.29, 1.82) is 0 Å². The summed E-state index contributed by atoms with van der Waals surface area (Å²) in [6, 6.07) is 0. The number of rotatable bonds is 6. The number of carbonyl (C=O) groups excluding carboxylic acids is 1. The van der Waals surface area contributed by atoms with Gasteiger partial charge in [-0.05, 0) is 12.8 Å². The van der Waals surface area contributed by atoms with Crippen molar-refractivity contribution in [3.05, 3.63) is 18.2 Å². The van der Waals surface area contributed by atoms with Gasteiger partial charge in [0.2, 0.25) is 15.8 Å². The molecule has 1 amide bonds. The molecule has 0 atom stereocenters. The summed E-state index contributed by atoms with van der Waals surface area (Å²) in [4.78, 5) is 20.0. The van der Waals surface area contributed by atoms with Crippen molar-refractivity contribution >= 4 is 15.9 Å². The van der Waals surface area contributed by atoms with E-state index in [0.717, 1.165) is 25.5 Å². The number of sulfonamides is 1. The van der Waals surface area contributed by atoms with Gasteiger partial charge in [0.25, 0.3) is 5.91 Å². The molecule has 2 N–H and O–H groups in total. The average Bonchev–Trinajstić information content (AvgIpc) is 2.52. The molecule has 1 fully saturated rings. The lowest BCUT2D eigenvalue weighted by atomic mass is 9.82. The van der Waals surface area contributed by atoms with E-state index in [1.165, 1.54) is 19.5 Å². The van der Waals surface area contributed by atoms with Gasteiger partial charge in [-0.2, -0.15) is 0 Å². The van der Waals surface area contributed by atoms with E-state index in [0.29, 0.717) is 18.6 Å². The number of nitrogens with one attached hydrogen (secondary N) is 2. The molecule has 1 aromatic heterocycles. The van der Waals surface area contributed by atoms with Crippen LogP contribution in [0.4, 0.5) is 0 Å². The second-order valence-electron chi connectivity index (χ2n) is 5.84. The van der Waals surface area contributed by atoms with Crippen LogP contribution >= 0.6 is 0 Å². The molecule has 23 heavy (non-hydrogen) atoms. The van der Waals surface area contributed by atoms with Crippen LogP contribution in [-0.2, 0) is 10.0 Å². The second-order valence-corrected chi connectivity index (χ2v) is 7.59. The van der Waals surface area contributed by atoms with Crippen LogP contribution in [0.2, 0.25) is 0 Å². The molecule has 1 heterocycles. The third-order valence-electron chi connectivity index (χ3n) is 3.87. The first kappa shape index (κ1) is 17.6. The molecular weight excluding hydrogens is 320 g/mol. The highest BCUT2D eigenvalue weighted by Gasteiger charge is 2.35. The summed E-state index contributed by atoms with van der Waals surface area (Å²) < 4.78 is 30.9. The molecule has 0 bridgehead atoms. The number of hydrogen-bond acceptors (Lipinski definition) is 6. The molecule has 9 heteroatoms. The molecule has 8 nitrogen and oxygen atoms in total. The van der Waals surface area contributed by atoms with Gasteiger partial charge in [0.15, 0.2) is 5.75 Å². The Morgan fingerprint density at radius 3 is 2.39 bits per heavy atom. The van der Waals surface area contributed by atoms with Gasteiger partial charge in [0.1, 0.15) is 0 Å². The summed E-state index contributed by atoms with van der Waals surface area (Å²) in [5.74, 6) is 0.0491. The number of nitrogens with zero attached hydrogens (tertiary/aromatic N) is 2. The molecule has 1 saturated carbocycles. The van der Waals surface area contributed by atoms with Crippen molar-refractivity contribution < 1.29 is 17.9 Å². The molecule has 128 valence electrons. The van der Waals surface area contributed by atoms with Crippen molar-refractivity contribution in [2.24, 2.45) is 0 Å². The van der Waals surface area contributed by atoms with E-state index in [1.54, 1.807) is 0 Å². The topological polar surface area (TPSA) is 110 Å². The van der Waals surface area contributed by atoms with Gasteiger partial charge in [-0.25, -0.2) is 23.1 Å². The zero-order valence-electron chi connectivity index (χ0n) is 13.3. The number of hydrogen-bond donors (Lipinski definition) is 2. The quantitative estimate of drug-likeness (QED) is 0.777. The predicted molar refractivity (Wildman–Crippen MR) is 84.7 cm³/mol. The van der Waals surface area contributed by atoms with Gasteiger partial charge in [-0.3, -0.25) is 4.79 Å². The lowest BCUT2D eigenvalue weighted by Gasteiger charge is -2.37. The smallest absolute Gasteiger partial charge is 0.289 e. The fourth-order valence-electron chi connectivity index (χ4n) is 2.80. The molecule has 0 saturated heterocycles. The fraction of sp³-hybridized carbons (Fsp3) is 0.643. The Labute approximate surface area is 136 Å². The van der Waals surface area contributed by atoms with E-state index in [-0.39, 0.29) is 12.4 Å². The van der Waals surface area contributed by atoms with E-state index >= 15 is 0 Å². The number of aromatic nitrogens is 2. The SMILES string of the molecule is COc1cnc(C(=O)NCC2(NS(C)(=O)=O)CCCCC2)nc1. The van der Waals surface area contributed by atoms with Gasteiger partial charge in [-0.15, -0.1) is 0 Å². The minimum Gasteiger partial charge on any atom is -0.494 e. The van der Waals surface area contributed by atoms with Crippen molar-refractivity contribution in [1.82, 2.24) is 20.0 Å². The minimum absolute atomic E-state index is 0.0242. The van der Waals surface area contributed by atoms with Gasteiger partial charge < -0.3 is 10.1 Å². The molecule has 1 aliphatic rings. The van der Waals surface area contributed by atoms with Gasteiger partial charge in [0, 0.05) is 6.54 Å². The highest BCUT2D eigenvalue weighted by molar-refractivity contribution is 7.88. The molecule has 0 aliphatic heterocycles. The fourth-order valence-corrected chi connectivity index (χ4v) is 3.87. The largest absolute Gasteiger partial charge is 0.494 e. The van der Waals surface area contributed by atoms with E-state index in [1.807, 2.05) is 0 Å². The Balaban J connectivity index is 2.03. The summed E-state index contributed by atoms with van der Waals surface area (Å²) >= 11 is 0. The minimum atomic E-state index is -3.35. The Morgan fingerprint density at radius 1 is 1.26 bits per heavy atom. The first-order valence-electron chi connectivity index (χ1n) is 7.47. The average molecular weight is 342 g/mol. The van der Waals surface area contributed by atoms with Crippen LogP contribution in [0.15, 0.2) is 12.4 Å². The standard InChI is InChI=1S/C14H22N4O4S/c1-22-11-8-15-12(16-9-11)13(19)17-10-14(18-23(2,20)21)6-4-3-5-7-14/h8-9,18H,3-7,10H2,1-2H3,(H,17,19). The van der Waals surface area contributed by atoms with Gasteiger partial charge in [0.05, 0.1) is 31.3 Å². The van der Waals surface area contributed by atoms with Crippen LogP contribution in [-0.4, -0.2) is 49.7 Å². The first-order valence-corrected chi connectivity index (χ1v) is 9.36. The molecule has 0 unspecified atom stereocenters. The zero-order chi connectivity index (χ0) is 16.9. The molecular formula is C14H22N4O4S. The van der Waals surface area contributed by atoms with Gasteiger partial charge >= 0.3 is 0 Å². The maximum absolute atomic E-state index is 12.1. The van der Waals surface area contributed by atoms with Crippen LogP contribution in [0.25, 0.3) is 0 Å². The summed E-state index contributed by atoms with van der Waals surface area (Å²) in [5, 5.41) is 2.74. The van der Waals surface area contributed by atoms with Crippen LogP contribution in [0, 0.1) is 0 Å². The lowest BCUT2D eigenvalue weighted by Crippen LogP contribution is -2.56. The number of amides is 1. The zero-order valence-corrected chi connectivity index (χ0v) is 14.1. The normalized spacial score (nSPS) is 17.5. The lowest BCUT2D eigenvalue weighted by molar-refractivity contribution is 0.0923. The van der Waals surface area contributed by atoms with Crippen molar-refractivity contribution in [2.75, 3.05) is 19.9 Å². The van der Waals surface area contributed by atoms with Crippen LogP contribution in [0.5, 0.6) is 5.75 Å². The Kier molecular flexibility index (Phi) is 5.53. The van der Waals surface area contributed by atoms with E-state index < -0.39 is 21.5 Å². The molecule has 1 aliphatic carbocycles. The number of carbonyl (C=O) groups is 1. The van der Waals surface area contributed by atoms with E-state index in [4.69, 9.17) is 4.74 Å². The van der Waals surface area contributed by atoms with Crippen molar-refractivity contribution in [3.8, 4) is 5.75 Å². The highest BCUT2D eigenvalue weighted by Crippen LogP contribution is 2.28. The third kappa shape index (κ3) is 5.14. The third-order valence-corrected chi connectivity index (χ3v) is 4.67. The number of ether oxygens (including phenoxy) is 1. The van der Waals surface area contributed by atoms with Crippen molar-refractivity contribution in [2.45, 2.75) is 37.6 Å². The Bertz CT molecular complexity index is 639. The van der Waals surface area contributed by atoms with Crippen LogP contribution in [0.3, 0.4) is 0 Å². The van der Waals surface area contributed by atoms with E-state index in [9.17, 15) is 13.2 Å². The molecule has 0 spiro atoms. The maximum atomic E-state index is 12.1. The Morgan fingerprint density at radius 2 is 1.87 bits per heavy atom. The first-order chi connectivity index (χ1) is 10.8. The highest BCUT2D eigenvalue weighted by atomic mass is 32.2. The Hall–Kier alpha value is -1.74. The van der Waals surface area contributed by atoms with Crippen molar-refractivity contribution in [3.63, 3.8) is 0 Å². The monoisotopic (exact) mass is 342 g/mol. The molecule has 0 radical (unpaired) electrons. The maximum Gasteiger partial charge on any atom is 0.289 e. The summed E-state index contributed by atoms with van der Waals surface area (Å²) in [5.41, 5.74) is -0.631. The molecule has 0 aromatic carbocycles. The van der Waals surface area contributed by atoms with Gasteiger partial charge in [-0.1, -0.05) is 19.3 Å². The van der Waals surface area contributed by atoms with Crippen LogP contribution in [0.1, 0.15) is 42.7 Å². The summed E-state index contributed by atoms with van der Waals surface area (Å²) in [6.07, 6.45) is 8.28. The van der Waals surface area contributed by atoms with E-state index in [2.05, 4.69) is 20.0 Å². The predicted octanol–water partition coefficient (Wildman–Crippen LogP) is 0.467. The molecule has 1 aromatic rings. The summed E-state index contributed by atoms with van der Waals surface area (Å²) in [7, 11) is -1.86.